The number of allylic oxidation sites excluding steroid dienone is 1. The quantitative estimate of drug-likeness (QED) is 0.354. The van der Waals surface area contributed by atoms with Crippen LogP contribution in [0.1, 0.15) is 65.2 Å². The molecule has 1 aromatic rings. The Labute approximate surface area is 251 Å². The van der Waals surface area contributed by atoms with E-state index in [1.54, 1.807) is 13.8 Å². The number of alkyl carbamates (subject to hydrolysis) is 1. The summed E-state index contributed by atoms with van der Waals surface area (Å²) in [6.07, 6.45) is 7.25. The third kappa shape index (κ3) is 7.94. The zero-order valence-electron chi connectivity index (χ0n) is 23.7. The molecule has 230 valence electrons. The van der Waals surface area contributed by atoms with E-state index in [1.807, 2.05) is 16.9 Å². The van der Waals surface area contributed by atoms with E-state index < -0.39 is 51.7 Å². The first-order valence-electron chi connectivity index (χ1n) is 14.3. The van der Waals surface area contributed by atoms with Crippen LogP contribution in [-0.4, -0.2) is 67.4 Å². The van der Waals surface area contributed by atoms with Gasteiger partial charge in [0, 0.05) is 17.5 Å². The number of amides is 4. The summed E-state index contributed by atoms with van der Waals surface area (Å²) >= 11 is 5.86. The van der Waals surface area contributed by atoms with Gasteiger partial charge >= 0.3 is 16.3 Å². The van der Waals surface area contributed by atoms with Gasteiger partial charge in [0.2, 0.25) is 11.8 Å². The third-order valence-electron chi connectivity index (χ3n) is 7.59. The smallest absolute Gasteiger partial charge is 0.408 e. The SMILES string of the molecule is CC(C)OC(=O)N[C@H]1CCCCC/C=C\[C@@H]2C[C@@]2(C(=O)NS(=O)(=O)Nc2ccc(Cl)cc2)NC(=O)[C@@H]2CCCN2C1=O. The van der Waals surface area contributed by atoms with Crippen LogP contribution in [0, 0.1) is 5.92 Å². The highest BCUT2D eigenvalue weighted by molar-refractivity contribution is 7.91. The monoisotopic (exact) mass is 623 g/mol. The number of carbonyl (C=O) groups excluding carboxylic acids is 4. The normalized spacial score (nSPS) is 27.4. The van der Waals surface area contributed by atoms with Crippen molar-refractivity contribution in [3.63, 3.8) is 0 Å². The molecule has 4 amide bonds. The minimum Gasteiger partial charge on any atom is -0.447 e. The molecule has 4 rings (SSSR count). The van der Waals surface area contributed by atoms with Crippen molar-refractivity contribution in [3.8, 4) is 0 Å². The Morgan fingerprint density at radius 3 is 2.55 bits per heavy atom. The molecule has 4 atom stereocenters. The van der Waals surface area contributed by atoms with Crippen molar-refractivity contribution in [3.05, 3.63) is 41.4 Å². The van der Waals surface area contributed by atoms with Crippen molar-refractivity contribution >= 4 is 51.3 Å². The zero-order valence-corrected chi connectivity index (χ0v) is 25.3. The highest BCUT2D eigenvalue weighted by Gasteiger charge is 2.61. The fourth-order valence-electron chi connectivity index (χ4n) is 5.40. The van der Waals surface area contributed by atoms with Gasteiger partial charge in [0.15, 0.2) is 0 Å². The van der Waals surface area contributed by atoms with Gasteiger partial charge in [-0.1, -0.05) is 36.6 Å². The highest BCUT2D eigenvalue weighted by Crippen LogP contribution is 2.45. The van der Waals surface area contributed by atoms with Crippen molar-refractivity contribution in [2.24, 2.45) is 5.92 Å². The average molecular weight is 624 g/mol. The molecule has 0 aromatic heterocycles. The van der Waals surface area contributed by atoms with E-state index in [1.165, 1.54) is 29.2 Å². The van der Waals surface area contributed by atoms with Gasteiger partial charge < -0.3 is 20.3 Å². The molecule has 12 nitrogen and oxygen atoms in total. The van der Waals surface area contributed by atoms with Gasteiger partial charge in [-0.25, -0.2) is 9.52 Å². The molecule has 0 spiro atoms. The molecule has 0 unspecified atom stereocenters. The summed E-state index contributed by atoms with van der Waals surface area (Å²) in [4.78, 5) is 54.4. The maximum absolute atomic E-state index is 13.6. The Morgan fingerprint density at radius 1 is 1.10 bits per heavy atom. The molecule has 4 N–H and O–H groups in total. The number of halogens is 1. The van der Waals surface area contributed by atoms with Gasteiger partial charge in [-0.15, -0.1) is 0 Å². The molecule has 2 fully saturated rings. The second kappa shape index (κ2) is 13.3. The summed E-state index contributed by atoms with van der Waals surface area (Å²) in [7, 11) is -4.33. The van der Waals surface area contributed by atoms with Crippen LogP contribution in [0.4, 0.5) is 10.5 Å². The Kier molecular flexibility index (Phi) is 10.0. The number of rotatable bonds is 6. The Bertz CT molecular complexity index is 1320. The van der Waals surface area contributed by atoms with E-state index in [9.17, 15) is 27.6 Å². The molecular formula is C28H38ClN5O7S. The van der Waals surface area contributed by atoms with Crippen LogP contribution in [0.15, 0.2) is 36.4 Å². The molecule has 14 heteroatoms. The lowest BCUT2D eigenvalue weighted by Crippen LogP contribution is -2.58. The number of hydrogen-bond acceptors (Lipinski definition) is 7. The number of fused-ring (bicyclic) bond motifs is 2. The van der Waals surface area contributed by atoms with Crippen LogP contribution in [0.5, 0.6) is 0 Å². The molecule has 2 heterocycles. The third-order valence-corrected chi connectivity index (χ3v) is 8.80. The summed E-state index contributed by atoms with van der Waals surface area (Å²) in [6.45, 7) is 3.74. The predicted molar refractivity (Wildman–Crippen MR) is 157 cm³/mol. The van der Waals surface area contributed by atoms with Crippen molar-refractivity contribution in [2.45, 2.75) is 88.9 Å². The molecule has 3 aliphatic rings. The molecule has 0 bridgehead atoms. The van der Waals surface area contributed by atoms with Crippen LogP contribution < -0.4 is 20.1 Å². The van der Waals surface area contributed by atoms with Gasteiger partial charge in [0.1, 0.15) is 17.6 Å². The predicted octanol–water partition coefficient (Wildman–Crippen LogP) is 3.00. The van der Waals surface area contributed by atoms with Gasteiger partial charge in [0.25, 0.3) is 5.91 Å². The maximum Gasteiger partial charge on any atom is 0.408 e. The Balaban J connectivity index is 1.53. The van der Waals surface area contributed by atoms with Crippen LogP contribution in [0.3, 0.4) is 0 Å². The molecule has 1 aromatic carbocycles. The summed E-state index contributed by atoms with van der Waals surface area (Å²) in [5.74, 6) is -2.22. The zero-order chi connectivity index (χ0) is 30.5. The van der Waals surface area contributed by atoms with E-state index in [2.05, 4.69) is 15.4 Å². The fourth-order valence-corrected chi connectivity index (χ4v) is 6.45. The minimum atomic E-state index is -4.33. The molecule has 1 aliphatic carbocycles. The van der Waals surface area contributed by atoms with Crippen molar-refractivity contribution in [1.29, 1.82) is 0 Å². The molecule has 2 aliphatic heterocycles. The first-order chi connectivity index (χ1) is 19.9. The van der Waals surface area contributed by atoms with E-state index >= 15 is 0 Å². The number of ether oxygens (including phenoxy) is 1. The Hall–Kier alpha value is -3.32. The molecule has 1 saturated heterocycles. The maximum atomic E-state index is 13.6. The molecular weight excluding hydrogens is 586 g/mol. The number of hydrogen-bond donors (Lipinski definition) is 4. The lowest BCUT2D eigenvalue weighted by molar-refractivity contribution is -0.141. The van der Waals surface area contributed by atoms with Crippen molar-refractivity contribution < 1.29 is 32.3 Å². The van der Waals surface area contributed by atoms with Crippen LogP contribution in [0.25, 0.3) is 0 Å². The number of nitrogens with one attached hydrogen (secondary N) is 4. The van der Waals surface area contributed by atoms with Crippen LogP contribution in [-0.2, 0) is 29.3 Å². The largest absolute Gasteiger partial charge is 0.447 e. The summed E-state index contributed by atoms with van der Waals surface area (Å²) in [6, 6.07) is 4.18. The second-order valence-corrected chi connectivity index (χ2v) is 13.1. The van der Waals surface area contributed by atoms with E-state index in [0.29, 0.717) is 43.7 Å². The second-order valence-electron chi connectivity index (χ2n) is 11.2. The van der Waals surface area contributed by atoms with Gasteiger partial charge in [-0.05, 0) is 76.6 Å². The number of benzene rings is 1. The number of carbonyl (C=O) groups is 4. The van der Waals surface area contributed by atoms with Crippen LogP contribution >= 0.6 is 11.6 Å². The van der Waals surface area contributed by atoms with E-state index in [0.717, 1.165) is 12.8 Å². The average Bonchev–Trinajstić information content (AvgIpc) is 3.37. The topological polar surface area (TPSA) is 163 Å². The lowest BCUT2D eigenvalue weighted by atomic mass is 10.1. The Morgan fingerprint density at radius 2 is 1.83 bits per heavy atom. The summed E-state index contributed by atoms with van der Waals surface area (Å²) < 4.78 is 35.1. The molecule has 42 heavy (non-hydrogen) atoms. The van der Waals surface area contributed by atoms with Gasteiger partial charge in [0.05, 0.1) is 11.8 Å². The fraction of sp³-hybridized carbons (Fsp3) is 0.571. The molecule has 0 radical (unpaired) electrons. The first kappa shape index (κ1) is 31.6. The standard InChI is InChI=1S/C28H38ClN5O7S/c1-18(2)41-27(38)30-22-10-7-5-3-4-6-9-19-17-28(19,31-24(35)23-11-8-16-34(23)25(22)36)26(37)33-42(39,40)32-21-14-12-20(29)13-15-21/h6,9,12-15,18-19,22-23,32H,3-5,7-8,10-11,16-17H2,1-2H3,(H,30,38)(H,31,35)(H,33,37)/b9-6-/t19-,22+,23+,28-/m1/s1. The first-order valence-corrected chi connectivity index (χ1v) is 16.1. The summed E-state index contributed by atoms with van der Waals surface area (Å²) in [5, 5.41) is 5.87. The highest BCUT2D eigenvalue weighted by atomic mass is 35.5. The minimum absolute atomic E-state index is 0.205. The van der Waals surface area contributed by atoms with Gasteiger partial charge in [-0.2, -0.15) is 8.42 Å². The van der Waals surface area contributed by atoms with E-state index in [4.69, 9.17) is 16.3 Å². The molecule has 1 saturated carbocycles. The lowest BCUT2D eigenvalue weighted by Gasteiger charge is -2.30. The van der Waals surface area contributed by atoms with Gasteiger partial charge in [-0.3, -0.25) is 19.1 Å². The number of nitrogens with zero attached hydrogens (tertiary/aromatic N) is 1. The van der Waals surface area contributed by atoms with Crippen LogP contribution in [0.2, 0.25) is 5.02 Å². The van der Waals surface area contributed by atoms with Crippen molar-refractivity contribution in [2.75, 3.05) is 11.3 Å². The van der Waals surface area contributed by atoms with Crippen molar-refractivity contribution in [1.82, 2.24) is 20.3 Å². The summed E-state index contributed by atoms with van der Waals surface area (Å²) in [5.41, 5.74) is -1.28. The number of anilines is 1. The van der Waals surface area contributed by atoms with E-state index in [-0.39, 0.29) is 24.1 Å².